The van der Waals surface area contributed by atoms with Gasteiger partial charge in [-0.25, -0.2) is 0 Å². The summed E-state index contributed by atoms with van der Waals surface area (Å²) < 4.78 is 0. The van der Waals surface area contributed by atoms with E-state index < -0.39 is 66.6 Å². The van der Waals surface area contributed by atoms with Crippen LogP contribution in [0, 0.1) is 0 Å². The number of hydrogen-bond acceptors (Lipinski definition) is 7. The van der Waals surface area contributed by atoms with Gasteiger partial charge in [0.2, 0.25) is 29.5 Å². The zero-order chi connectivity index (χ0) is 22.0. The van der Waals surface area contributed by atoms with Crippen LogP contribution in [0.3, 0.4) is 0 Å². The largest absolute Gasteiger partial charge is 0.480 e. The highest BCUT2D eigenvalue weighted by Gasteiger charge is 2.31. The molecule has 1 rings (SSSR count). The van der Waals surface area contributed by atoms with E-state index in [9.17, 15) is 28.8 Å². The number of nitrogens with two attached hydrogens (primary N) is 2. The number of carbonyl (C=O) groups excluding carboxylic acids is 5. The molecule has 3 atom stereocenters. The molecule has 0 bridgehead atoms. The minimum atomic E-state index is -1.34. The van der Waals surface area contributed by atoms with Crippen molar-refractivity contribution in [2.45, 2.75) is 50.2 Å². The first-order chi connectivity index (χ1) is 13.6. The van der Waals surface area contributed by atoms with Crippen LogP contribution < -0.4 is 32.7 Å². The molecule has 0 aliphatic carbocycles. The Hall–Kier alpha value is -3.22. The van der Waals surface area contributed by atoms with Gasteiger partial charge in [0.05, 0.1) is 12.5 Å². The fraction of sp³-hybridized carbons (Fsp3) is 0.625. The first kappa shape index (κ1) is 23.8. The van der Waals surface area contributed by atoms with E-state index in [4.69, 9.17) is 16.6 Å². The molecule has 13 heteroatoms. The van der Waals surface area contributed by atoms with Gasteiger partial charge in [0, 0.05) is 6.42 Å². The Morgan fingerprint density at radius 3 is 2.21 bits per heavy atom. The molecule has 13 nitrogen and oxygen atoms in total. The molecule has 0 saturated carbocycles. The molecule has 29 heavy (non-hydrogen) atoms. The van der Waals surface area contributed by atoms with Crippen molar-refractivity contribution in [3.63, 3.8) is 0 Å². The fourth-order valence-electron chi connectivity index (χ4n) is 2.70. The third kappa shape index (κ3) is 9.01. The molecule has 1 aliphatic heterocycles. The third-order valence-electron chi connectivity index (χ3n) is 4.14. The summed E-state index contributed by atoms with van der Waals surface area (Å²) in [6.07, 6.45) is 0.376. The van der Waals surface area contributed by atoms with Crippen molar-refractivity contribution in [1.29, 1.82) is 0 Å². The van der Waals surface area contributed by atoms with Gasteiger partial charge < -0.3 is 37.8 Å². The maximum Gasteiger partial charge on any atom is 0.322 e. The summed E-state index contributed by atoms with van der Waals surface area (Å²) in [5.74, 6) is -5.12. The number of hydrogen-bond donors (Lipinski definition) is 7. The number of carbonyl (C=O) groups is 6. The lowest BCUT2D eigenvalue weighted by Gasteiger charge is -2.23. The van der Waals surface area contributed by atoms with E-state index in [1.807, 2.05) is 0 Å². The van der Waals surface area contributed by atoms with Crippen molar-refractivity contribution in [2.75, 3.05) is 13.1 Å². The molecule has 0 spiro atoms. The number of rotatable bonds is 12. The molecule has 0 aromatic carbocycles. The van der Waals surface area contributed by atoms with Crippen LogP contribution in [0.1, 0.15) is 32.1 Å². The topological polar surface area (TPSA) is 223 Å². The molecule has 9 N–H and O–H groups in total. The van der Waals surface area contributed by atoms with Crippen molar-refractivity contribution in [3.8, 4) is 0 Å². The van der Waals surface area contributed by atoms with Gasteiger partial charge in [-0.05, 0) is 25.8 Å². The summed E-state index contributed by atoms with van der Waals surface area (Å²) in [6, 6.07) is -3.15. The number of aliphatic carboxylic acids is 1. The van der Waals surface area contributed by atoms with Crippen molar-refractivity contribution in [1.82, 2.24) is 21.3 Å². The first-order valence-electron chi connectivity index (χ1n) is 9.00. The Morgan fingerprint density at radius 1 is 1.00 bits per heavy atom. The summed E-state index contributed by atoms with van der Waals surface area (Å²) in [6.45, 7) is -0.0553. The van der Waals surface area contributed by atoms with Gasteiger partial charge in [0.25, 0.3) is 0 Å². The van der Waals surface area contributed by atoms with Crippen LogP contribution in [0.5, 0.6) is 0 Å². The van der Waals surface area contributed by atoms with Crippen molar-refractivity contribution in [3.05, 3.63) is 0 Å². The van der Waals surface area contributed by atoms with Crippen molar-refractivity contribution < 1.29 is 33.9 Å². The first-order valence-corrected chi connectivity index (χ1v) is 9.00. The average molecular weight is 414 g/mol. The molecule has 1 heterocycles. The minimum absolute atomic E-state index is 0.200. The monoisotopic (exact) mass is 414 g/mol. The van der Waals surface area contributed by atoms with Crippen LogP contribution in [-0.2, 0) is 28.8 Å². The lowest BCUT2D eigenvalue weighted by molar-refractivity contribution is -0.139. The van der Waals surface area contributed by atoms with E-state index in [1.165, 1.54) is 0 Å². The Balaban J connectivity index is 2.83. The maximum atomic E-state index is 12.6. The van der Waals surface area contributed by atoms with Gasteiger partial charge in [0.1, 0.15) is 18.6 Å². The lowest BCUT2D eigenvalue weighted by atomic mass is 10.1. The van der Waals surface area contributed by atoms with Crippen LogP contribution in [0.4, 0.5) is 0 Å². The Bertz CT molecular complexity index is 662. The van der Waals surface area contributed by atoms with Crippen LogP contribution in [-0.4, -0.2) is 71.8 Å². The van der Waals surface area contributed by atoms with Gasteiger partial charge >= 0.3 is 5.97 Å². The van der Waals surface area contributed by atoms with E-state index in [0.29, 0.717) is 13.0 Å². The van der Waals surface area contributed by atoms with Gasteiger partial charge in [-0.1, -0.05) is 0 Å². The minimum Gasteiger partial charge on any atom is -0.480 e. The Kier molecular flexibility index (Phi) is 9.51. The normalized spacial score (nSPS) is 17.6. The second kappa shape index (κ2) is 11.6. The molecule has 162 valence electrons. The van der Waals surface area contributed by atoms with Crippen LogP contribution in [0.25, 0.3) is 0 Å². The zero-order valence-electron chi connectivity index (χ0n) is 15.7. The molecule has 0 radical (unpaired) electrons. The van der Waals surface area contributed by atoms with Crippen molar-refractivity contribution >= 4 is 35.5 Å². The standard InChI is InChI=1S/C16H26N6O7/c17-11(23)4-3-9(14(27)20-7-13(25)26)21-16(29)10(6-12(18)24)22-15(28)8-2-1-5-19-8/h8-10,19H,1-7H2,(H2,17,23)(H2,18,24)(H,20,27)(H,21,29)(H,22,28)(H,25,26). The summed E-state index contributed by atoms with van der Waals surface area (Å²) >= 11 is 0. The molecule has 3 unspecified atom stereocenters. The molecule has 0 aromatic rings. The number of primary amides is 2. The number of amides is 5. The quantitative estimate of drug-likeness (QED) is 0.166. The summed E-state index contributed by atoms with van der Waals surface area (Å²) in [5.41, 5.74) is 10.2. The molecule has 1 aliphatic rings. The smallest absolute Gasteiger partial charge is 0.322 e. The average Bonchev–Trinajstić information content (AvgIpc) is 3.16. The Labute approximate surface area is 166 Å². The number of nitrogens with one attached hydrogen (secondary N) is 4. The fourth-order valence-corrected chi connectivity index (χ4v) is 2.70. The third-order valence-corrected chi connectivity index (χ3v) is 4.14. The van der Waals surface area contributed by atoms with Gasteiger partial charge in [0.15, 0.2) is 0 Å². The molecule has 5 amide bonds. The number of carboxylic acids is 1. The van der Waals surface area contributed by atoms with Gasteiger partial charge in [-0.3, -0.25) is 28.8 Å². The van der Waals surface area contributed by atoms with Crippen LogP contribution >= 0.6 is 0 Å². The second-order valence-corrected chi connectivity index (χ2v) is 6.56. The van der Waals surface area contributed by atoms with Crippen LogP contribution in [0.2, 0.25) is 0 Å². The highest BCUT2D eigenvalue weighted by molar-refractivity contribution is 5.96. The van der Waals surface area contributed by atoms with E-state index >= 15 is 0 Å². The van der Waals surface area contributed by atoms with E-state index in [1.54, 1.807) is 0 Å². The maximum absolute atomic E-state index is 12.6. The molecule has 1 fully saturated rings. The SMILES string of the molecule is NC(=O)CCC(NC(=O)C(CC(N)=O)NC(=O)C1CCCN1)C(=O)NCC(=O)O. The van der Waals surface area contributed by atoms with Crippen molar-refractivity contribution in [2.24, 2.45) is 11.5 Å². The van der Waals surface area contributed by atoms with Gasteiger partial charge in [-0.2, -0.15) is 0 Å². The zero-order valence-corrected chi connectivity index (χ0v) is 15.7. The van der Waals surface area contributed by atoms with E-state index in [2.05, 4.69) is 21.3 Å². The van der Waals surface area contributed by atoms with E-state index in [-0.39, 0.29) is 12.8 Å². The molecular formula is C16H26N6O7. The van der Waals surface area contributed by atoms with E-state index in [0.717, 1.165) is 6.42 Å². The highest BCUT2D eigenvalue weighted by atomic mass is 16.4. The summed E-state index contributed by atoms with van der Waals surface area (Å²) in [7, 11) is 0. The molecular weight excluding hydrogens is 388 g/mol. The Morgan fingerprint density at radius 2 is 1.69 bits per heavy atom. The molecule has 1 saturated heterocycles. The molecule has 0 aromatic heterocycles. The predicted molar refractivity (Wildman–Crippen MR) is 97.8 cm³/mol. The summed E-state index contributed by atoms with van der Waals surface area (Å²) in [5, 5.41) is 18.4. The van der Waals surface area contributed by atoms with Gasteiger partial charge in [-0.15, -0.1) is 0 Å². The summed E-state index contributed by atoms with van der Waals surface area (Å²) in [4.78, 5) is 69.9. The van der Waals surface area contributed by atoms with Crippen LogP contribution in [0.15, 0.2) is 0 Å². The second-order valence-electron chi connectivity index (χ2n) is 6.56. The lowest BCUT2D eigenvalue weighted by Crippen LogP contribution is -2.56. The number of carboxylic acid groups (broad SMARTS) is 1. The predicted octanol–water partition coefficient (Wildman–Crippen LogP) is -3.95. The highest BCUT2D eigenvalue weighted by Crippen LogP contribution is 2.06.